The molecule has 0 radical (unpaired) electrons. The Hall–Kier alpha value is -1.49. The molecule has 0 aliphatic carbocycles. The van der Waals surface area contributed by atoms with Crippen LogP contribution >= 0.6 is 0 Å². The van der Waals surface area contributed by atoms with Gasteiger partial charge >= 0.3 is 0 Å². The van der Waals surface area contributed by atoms with E-state index >= 15 is 0 Å². The van der Waals surface area contributed by atoms with Gasteiger partial charge in [-0.1, -0.05) is 13.8 Å². The second-order valence-corrected chi connectivity index (χ2v) is 4.18. The lowest BCUT2D eigenvalue weighted by Gasteiger charge is -2.06. The molecule has 0 aliphatic heterocycles. The van der Waals surface area contributed by atoms with E-state index in [1.54, 1.807) is 12.4 Å². The van der Waals surface area contributed by atoms with Crippen LogP contribution in [0.25, 0.3) is 0 Å². The summed E-state index contributed by atoms with van der Waals surface area (Å²) in [5.74, 6) is 0.681. The predicted octanol–water partition coefficient (Wildman–Crippen LogP) is 0.250. The number of nitrogens with two attached hydrogens (primary N) is 1. The Morgan fingerprint density at radius 1 is 1.44 bits per heavy atom. The molecule has 5 nitrogen and oxygen atoms in total. The van der Waals surface area contributed by atoms with Crippen molar-refractivity contribution >= 4 is 5.91 Å². The van der Waals surface area contributed by atoms with Crippen molar-refractivity contribution < 1.29 is 4.79 Å². The van der Waals surface area contributed by atoms with Crippen LogP contribution in [0, 0.1) is 5.92 Å². The molecular weight excluding hydrogens is 204 g/mol. The number of primary amides is 1. The van der Waals surface area contributed by atoms with Crippen LogP contribution in [0.5, 0.6) is 0 Å². The molecular formula is C11H18N4O. The number of hydrogen-bond donors (Lipinski definition) is 2. The van der Waals surface area contributed by atoms with Crippen molar-refractivity contribution in [3.63, 3.8) is 0 Å². The molecule has 1 aromatic rings. The van der Waals surface area contributed by atoms with Crippen LogP contribution in [-0.4, -0.2) is 22.4 Å². The molecule has 3 N–H and O–H groups in total. The van der Waals surface area contributed by atoms with Gasteiger partial charge < -0.3 is 11.1 Å². The van der Waals surface area contributed by atoms with E-state index in [9.17, 15) is 4.79 Å². The Bertz CT molecular complexity index is 334. The predicted molar refractivity (Wildman–Crippen MR) is 61.5 cm³/mol. The number of hydrogen-bond acceptors (Lipinski definition) is 4. The monoisotopic (exact) mass is 222 g/mol. The van der Waals surface area contributed by atoms with E-state index in [4.69, 9.17) is 5.73 Å². The molecule has 0 spiro atoms. The summed E-state index contributed by atoms with van der Waals surface area (Å²) in [4.78, 5) is 18.8. The highest BCUT2D eigenvalue weighted by molar-refractivity contribution is 5.75. The zero-order valence-electron chi connectivity index (χ0n) is 9.73. The summed E-state index contributed by atoms with van der Waals surface area (Å²) in [5, 5.41) is 3.29. The van der Waals surface area contributed by atoms with Gasteiger partial charge in [-0.15, -0.1) is 0 Å². The van der Waals surface area contributed by atoms with Crippen LogP contribution in [0.2, 0.25) is 0 Å². The van der Waals surface area contributed by atoms with Crippen LogP contribution in [0.15, 0.2) is 12.4 Å². The molecule has 16 heavy (non-hydrogen) atoms. The van der Waals surface area contributed by atoms with Crippen molar-refractivity contribution in [2.75, 3.05) is 6.54 Å². The maximum atomic E-state index is 10.6. The van der Waals surface area contributed by atoms with E-state index in [0.29, 0.717) is 11.7 Å². The van der Waals surface area contributed by atoms with E-state index in [0.717, 1.165) is 18.7 Å². The fraction of sp³-hybridized carbons (Fsp3) is 0.545. The Morgan fingerprint density at radius 3 is 2.56 bits per heavy atom. The zero-order chi connectivity index (χ0) is 12.0. The van der Waals surface area contributed by atoms with Gasteiger partial charge in [0.2, 0.25) is 5.91 Å². The quantitative estimate of drug-likeness (QED) is 0.723. The molecule has 0 fully saturated rings. The fourth-order valence-electron chi connectivity index (χ4n) is 1.23. The lowest BCUT2D eigenvalue weighted by atomic mass is 10.2. The van der Waals surface area contributed by atoms with E-state index in [1.807, 2.05) is 0 Å². The first-order valence-electron chi connectivity index (χ1n) is 5.36. The molecule has 1 aromatic heterocycles. The summed E-state index contributed by atoms with van der Waals surface area (Å²) < 4.78 is 0. The summed E-state index contributed by atoms with van der Waals surface area (Å²) in [5.41, 5.74) is 6.05. The van der Waals surface area contributed by atoms with Gasteiger partial charge in [0.25, 0.3) is 0 Å². The van der Waals surface area contributed by atoms with Crippen LogP contribution in [0.3, 0.4) is 0 Å². The normalized spacial score (nSPS) is 10.7. The third-order valence-electron chi connectivity index (χ3n) is 1.97. The van der Waals surface area contributed by atoms with Crippen LogP contribution in [-0.2, 0) is 17.8 Å². The molecule has 0 atom stereocenters. The Balaban J connectivity index is 2.42. The van der Waals surface area contributed by atoms with Gasteiger partial charge in [-0.2, -0.15) is 0 Å². The number of carbonyl (C=O) groups excluding carboxylic acids is 1. The number of carbonyl (C=O) groups is 1. The molecule has 0 saturated carbocycles. The summed E-state index contributed by atoms with van der Waals surface area (Å²) >= 11 is 0. The van der Waals surface area contributed by atoms with Crippen molar-refractivity contribution in [3.8, 4) is 0 Å². The standard InChI is InChI=1S/C11H18N4O/c1-8(2)4-13-5-9-6-14-11(15-7-9)3-10(12)16/h6-8,13H,3-5H2,1-2H3,(H2,12,16). The van der Waals surface area contributed by atoms with Crippen molar-refractivity contribution in [1.29, 1.82) is 0 Å². The largest absolute Gasteiger partial charge is 0.369 e. The number of rotatable bonds is 6. The lowest BCUT2D eigenvalue weighted by Crippen LogP contribution is -2.20. The first-order chi connectivity index (χ1) is 7.58. The molecule has 0 unspecified atom stereocenters. The Labute approximate surface area is 95.5 Å². The highest BCUT2D eigenvalue weighted by Crippen LogP contribution is 1.97. The number of nitrogens with one attached hydrogen (secondary N) is 1. The maximum absolute atomic E-state index is 10.6. The van der Waals surface area contributed by atoms with Crippen molar-refractivity contribution in [3.05, 3.63) is 23.8 Å². The number of nitrogens with zero attached hydrogens (tertiary/aromatic N) is 2. The Morgan fingerprint density at radius 2 is 2.06 bits per heavy atom. The van der Waals surface area contributed by atoms with Gasteiger partial charge in [-0.3, -0.25) is 4.79 Å². The molecule has 0 aromatic carbocycles. The third kappa shape index (κ3) is 4.84. The highest BCUT2D eigenvalue weighted by Gasteiger charge is 2.01. The third-order valence-corrected chi connectivity index (χ3v) is 1.97. The van der Waals surface area contributed by atoms with E-state index < -0.39 is 5.91 Å². The molecule has 1 amide bonds. The zero-order valence-corrected chi connectivity index (χ0v) is 9.73. The second-order valence-electron chi connectivity index (χ2n) is 4.18. The van der Waals surface area contributed by atoms with E-state index in [-0.39, 0.29) is 6.42 Å². The minimum atomic E-state index is -0.411. The lowest BCUT2D eigenvalue weighted by molar-refractivity contribution is -0.117. The Kier molecular flexibility index (Phi) is 4.85. The van der Waals surface area contributed by atoms with Gasteiger partial charge in [0, 0.05) is 24.5 Å². The summed E-state index contributed by atoms with van der Waals surface area (Å²) in [6, 6.07) is 0. The van der Waals surface area contributed by atoms with E-state index in [2.05, 4.69) is 29.1 Å². The molecule has 1 rings (SSSR count). The topological polar surface area (TPSA) is 80.9 Å². The minimum absolute atomic E-state index is 0.0969. The first kappa shape index (κ1) is 12.6. The van der Waals surface area contributed by atoms with Gasteiger partial charge in [0.15, 0.2) is 0 Å². The van der Waals surface area contributed by atoms with Gasteiger partial charge in [0.05, 0.1) is 6.42 Å². The van der Waals surface area contributed by atoms with Crippen molar-refractivity contribution in [2.45, 2.75) is 26.8 Å². The fourth-order valence-corrected chi connectivity index (χ4v) is 1.23. The molecule has 88 valence electrons. The molecule has 0 bridgehead atoms. The van der Waals surface area contributed by atoms with Gasteiger partial charge in [0.1, 0.15) is 5.82 Å². The maximum Gasteiger partial charge on any atom is 0.225 e. The van der Waals surface area contributed by atoms with Crippen LogP contribution in [0.1, 0.15) is 25.2 Å². The average molecular weight is 222 g/mol. The SMILES string of the molecule is CC(C)CNCc1cnc(CC(N)=O)nc1. The summed E-state index contributed by atoms with van der Waals surface area (Å²) in [6.45, 7) is 6.01. The van der Waals surface area contributed by atoms with Crippen LogP contribution in [0.4, 0.5) is 0 Å². The molecule has 0 aliphatic rings. The van der Waals surface area contributed by atoms with Crippen LogP contribution < -0.4 is 11.1 Å². The minimum Gasteiger partial charge on any atom is -0.369 e. The molecule has 1 heterocycles. The average Bonchev–Trinajstić information content (AvgIpc) is 2.19. The smallest absolute Gasteiger partial charge is 0.225 e. The van der Waals surface area contributed by atoms with Gasteiger partial charge in [-0.25, -0.2) is 9.97 Å². The van der Waals surface area contributed by atoms with E-state index in [1.165, 1.54) is 0 Å². The summed E-state index contributed by atoms with van der Waals surface area (Å²) in [6.07, 6.45) is 3.54. The first-order valence-corrected chi connectivity index (χ1v) is 5.36. The molecule has 0 saturated heterocycles. The van der Waals surface area contributed by atoms with Crippen molar-refractivity contribution in [1.82, 2.24) is 15.3 Å². The van der Waals surface area contributed by atoms with Gasteiger partial charge in [-0.05, 0) is 12.5 Å². The number of amides is 1. The highest BCUT2D eigenvalue weighted by atomic mass is 16.1. The summed E-state index contributed by atoms with van der Waals surface area (Å²) in [7, 11) is 0. The molecule has 5 heteroatoms. The second kappa shape index (κ2) is 6.17. The number of aromatic nitrogens is 2. The van der Waals surface area contributed by atoms with Crippen molar-refractivity contribution in [2.24, 2.45) is 11.7 Å².